The van der Waals surface area contributed by atoms with Gasteiger partial charge in [0.05, 0.1) is 24.4 Å². The second-order valence-corrected chi connectivity index (χ2v) is 17.9. The molecule has 2 bridgehead atoms. The summed E-state index contributed by atoms with van der Waals surface area (Å²) < 4.78 is 35.5. The number of nitrogens with zero attached hydrogens (tertiary/aromatic N) is 1. The van der Waals surface area contributed by atoms with E-state index in [1.165, 1.54) is 26.0 Å². The Bertz CT molecular complexity index is 1590. The number of ether oxygens (including phenoxy) is 6. The molecule has 4 aliphatic rings. The van der Waals surface area contributed by atoms with Crippen molar-refractivity contribution in [3.63, 3.8) is 0 Å². The summed E-state index contributed by atoms with van der Waals surface area (Å²) in [6, 6.07) is -1.16. The molecule has 3 heterocycles. The predicted molar refractivity (Wildman–Crippen MR) is 222 cm³/mol. The zero-order valence-electron chi connectivity index (χ0n) is 37.3. The van der Waals surface area contributed by atoms with E-state index >= 15 is 0 Å². The van der Waals surface area contributed by atoms with E-state index in [0.717, 1.165) is 0 Å². The Morgan fingerprint density at radius 3 is 2.22 bits per heavy atom. The molecular weight excluding hydrogens is 774 g/mol. The fourth-order valence-electron chi connectivity index (χ4n) is 9.78. The van der Waals surface area contributed by atoms with Crippen LogP contribution in [0.4, 0.5) is 0 Å². The second kappa shape index (κ2) is 22.2. The molecular formula is C46H71NO13. The first-order chi connectivity index (χ1) is 28.4. The summed E-state index contributed by atoms with van der Waals surface area (Å²) in [5.74, 6) is -7.86. The van der Waals surface area contributed by atoms with Crippen LogP contribution in [0.2, 0.25) is 0 Å². The van der Waals surface area contributed by atoms with Crippen LogP contribution in [0, 0.1) is 29.6 Å². The molecule has 1 saturated carbocycles. The fourth-order valence-corrected chi connectivity index (χ4v) is 9.78. The molecule has 4 rings (SSSR count). The lowest BCUT2D eigenvalue weighted by Gasteiger charge is -2.47. The monoisotopic (exact) mass is 845 g/mol. The number of ketones is 2. The standard InChI is InChI=1S/C46H71NO13/c1-11-14-33-20-26(2)19-27(3)21-39(56-9)42-40(57-10)23-29(5)46(54,60-42)43(51)44(52)47-18-13-12-15-34(47)45(53)59-41(30(6)35(49)25-36(33)50)28(4)22-32-16-17-37(58-31(7)48)38(24-32)55-8/h11,20,22,26-27,29-30,32,34-35,37-42,49,54H,1,12-19,21,23-25H2,2-10H3/t26?,27-,29+,30+,32-,34-,35-,37+,38+,39-,40-,41+,42+,46+/m0/s1. The number of carbonyl (C=O) groups is 5. The molecule has 1 amide bonds. The zero-order chi connectivity index (χ0) is 44.5. The van der Waals surface area contributed by atoms with Crippen LogP contribution in [0.25, 0.3) is 0 Å². The van der Waals surface area contributed by atoms with Crippen LogP contribution < -0.4 is 0 Å². The molecule has 60 heavy (non-hydrogen) atoms. The molecule has 0 radical (unpaired) electrons. The third kappa shape index (κ3) is 12.0. The van der Waals surface area contributed by atoms with E-state index in [0.29, 0.717) is 62.5 Å². The van der Waals surface area contributed by atoms with Crippen molar-refractivity contribution in [2.24, 2.45) is 29.6 Å². The number of amides is 1. The van der Waals surface area contributed by atoms with Crippen LogP contribution in [-0.4, -0.2) is 127 Å². The minimum absolute atomic E-state index is 0.0237. The highest BCUT2D eigenvalue weighted by molar-refractivity contribution is 6.39. The van der Waals surface area contributed by atoms with E-state index in [2.05, 4.69) is 6.58 Å². The highest BCUT2D eigenvalue weighted by atomic mass is 16.7. The Balaban J connectivity index is 1.77. The number of fused-ring (bicyclic) bond motifs is 3. The van der Waals surface area contributed by atoms with Crippen molar-refractivity contribution in [1.29, 1.82) is 0 Å². The Hall–Kier alpha value is -3.27. The Morgan fingerprint density at radius 1 is 0.917 bits per heavy atom. The smallest absolute Gasteiger partial charge is 0.329 e. The number of methoxy groups -OCH3 is 3. The summed E-state index contributed by atoms with van der Waals surface area (Å²) >= 11 is 0. The first-order valence-corrected chi connectivity index (χ1v) is 21.8. The number of esters is 2. The molecule has 0 aromatic rings. The number of hydrogen-bond acceptors (Lipinski definition) is 13. The summed E-state index contributed by atoms with van der Waals surface area (Å²) in [5.41, 5.74) is 1.15. The molecule has 3 fully saturated rings. The van der Waals surface area contributed by atoms with Crippen LogP contribution >= 0.6 is 0 Å². The van der Waals surface area contributed by atoms with Gasteiger partial charge in [-0.15, -0.1) is 6.58 Å². The van der Waals surface area contributed by atoms with Crippen molar-refractivity contribution < 1.29 is 62.6 Å². The number of cyclic esters (lactones) is 1. The quantitative estimate of drug-likeness (QED) is 0.185. The molecule has 3 aliphatic heterocycles. The van der Waals surface area contributed by atoms with Gasteiger partial charge >= 0.3 is 11.9 Å². The Kier molecular flexibility index (Phi) is 18.3. The molecule has 2 saturated heterocycles. The largest absolute Gasteiger partial charge is 0.460 e. The predicted octanol–water partition coefficient (Wildman–Crippen LogP) is 5.21. The molecule has 0 aromatic heterocycles. The number of piperidine rings is 1. The van der Waals surface area contributed by atoms with Gasteiger partial charge in [-0.3, -0.25) is 19.2 Å². The fraction of sp³-hybridized carbons (Fsp3) is 0.761. The molecule has 0 spiro atoms. The number of carbonyl (C=O) groups excluding carboxylic acids is 5. The summed E-state index contributed by atoms with van der Waals surface area (Å²) in [7, 11) is 4.62. The van der Waals surface area contributed by atoms with Crippen LogP contribution in [0.3, 0.4) is 0 Å². The number of aliphatic hydroxyl groups is 2. The van der Waals surface area contributed by atoms with E-state index in [-0.39, 0.29) is 61.4 Å². The van der Waals surface area contributed by atoms with Crippen molar-refractivity contribution in [1.82, 2.24) is 4.90 Å². The molecule has 14 nitrogen and oxygen atoms in total. The molecule has 1 unspecified atom stereocenters. The first-order valence-electron chi connectivity index (χ1n) is 21.8. The number of rotatable bonds is 8. The molecule has 1 aliphatic carbocycles. The van der Waals surface area contributed by atoms with Crippen molar-refractivity contribution in [2.75, 3.05) is 27.9 Å². The average Bonchev–Trinajstić information content (AvgIpc) is 3.21. The minimum Gasteiger partial charge on any atom is -0.460 e. The molecule has 14 atom stereocenters. The van der Waals surface area contributed by atoms with Crippen molar-refractivity contribution in [3.8, 4) is 0 Å². The Labute approximate surface area is 356 Å². The second-order valence-electron chi connectivity index (χ2n) is 17.9. The normalized spacial score (nSPS) is 38.5. The van der Waals surface area contributed by atoms with Gasteiger partial charge in [-0.1, -0.05) is 45.9 Å². The van der Waals surface area contributed by atoms with Crippen LogP contribution in [0.5, 0.6) is 0 Å². The van der Waals surface area contributed by atoms with E-state index in [1.807, 2.05) is 26.0 Å². The van der Waals surface area contributed by atoms with Crippen LogP contribution in [0.15, 0.2) is 36.0 Å². The SMILES string of the molecule is C=CCC1=CC(C)C[C@H](C)C[C@H](OC)[C@H]2O[C@@](O)(C(=O)C(=O)N3CCCC[C@H]3C(=O)O[C@H](C(C)=C[C@@H]3CC[C@@H](OC(C)=O)[C@H](OC)C3)[C@H](C)[C@@H](O)CC1=O)[C@H](C)C[C@@H]2OC. The third-order valence-corrected chi connectivity index (χ3v) is 13.1. The first kappa shape index (κ1) is 49.4. The topological polar surface area (TPSA) is 184 Å². The third-order valence-electron chi connectivity index (χ3n) is 13.1. The van der Waals surface area contributed by atoms with Gasteiger partial charge in [0, 0.05) is 53.1 Å². The van der Waals surface area contributed by atoms with E-state index < -0.39 is 77.9 Å². The van der Waals surface area contributed by atoms with Gasteiger partial charge in [-0.25, -0.2) is 4.79 Å². The zero-order valence-corrected chi connectivity index (χ0v) is 37.3. The van der Waals surface area contributed by atoms with Crippen molar-refractivity contribution >= 4 is 29.4 Å². The highest BCUT2D eigenvalue weighted by Crippen LogP contribution is 2.39. The maximum atomic E-state index is 14.4. The summed E-state index contributed by atoms with van der Waals surface area (Å²) in [4.78, 5) is 69.8. The van der Waals surface area contributed by atoms with Gasteiger partial charge in [-0.05, 0) is 100 Å². The van der Waals surface area contributed by atoms with Crippen LogP contribution in [-0.2, 0) is 52.4 Å². The molecule has 0 aromatic carbocycles. The van der Waals surface area contributed by atoms with Gasteiger partial charge < -0.3 is 43.5 Å². The maximum absolute atomic E-state index is 14.4. The number of hydrogen-bond donors (Lipinski definition) is 2. The lowest BCUT2D eigenvalue weighted by atomic mass is 9.81. The number of Topliss-reactive ketones (excluding diaryl/α,β-unsaturated/α-hetero) is 2. The van der Waals surface area contributed by atoms with Gasteiger partial charge in [0.2, 0.25) is 5.79 Å². The molecule has 2 N–H and O–H groups in total. The van der Waals surface area contributed by atoms with Gasteiger partial charge in [0.1, 0.15) is 24.4 Å². The minimum atomic E-state index is -2.52. The Morgan fingerprint density at radius 2 is 1.58 bits per heavy atom. The van der Waals surface area contributed by atoms with Gasteiger partial charge in [0.25, 0.3) is 11.7 Å². The highest BCUT2D eigenvalue weighted by Gasteiger charge is 2.56. The van der Waals surface area contributed by atoms with Gasteiger partial charge in [0.15, 0.2) is 5.78 Å². The van der Waals surface area contributed by atoms with Crippen molar-refractivity contribution in [3.05, 3.63) is 36.0 Å². The maximum Gasteiger partial charge on any atom is 0.329 e. The lowest BCUT2D eigenvalue weighted by molar-refractivity contribution is -0.302. The summed E-state index contributed by atoms with van der Waals surface area (Å²) in [6.07, 6.45) is 4.89. The lowest BCUT2D eigenvalue weighted by Crippen LogP contribution is -2.64. The summed E-state index contributed by atoms with van der Waals surface area (Å²) in [6.45, 7) is 14.5. The number of aliphatic hydroxyl groups excluding tert-OH is 1. The summed E-state index contributed by atoms with van der Waals surface area (Å²) in [5, 5.41) is 23.8. The van der Waals surface area contributed by atoms with Gasteiger partial charge in [-0.2, -0.15) is 0 Å². The van der Waals surface area contributed by atoms with E-state index in [4.69, 9.17) is 28.4 Å². The molecule has 338 valence electrons. The van der Waals surface area contributed by atoms with Crippen molar-refractivity contribution in [2.45, 2.75) is 167 Å². The van der Waals surface area contributed by atoms with E-state index in [9.17, 15) is 34.2 Å². The van der Waals surface area contributed by atoms with E-state index in [1.54, 1.807) is 34.0 Å². The van der Waals surface area contributed by atoms with Crippen LogP contribution in [0.1, 0.15) is 112 Å². The average molecular weight is 846 g/mol. The number of allylic oxidation sites excluding steroid dienone is 4. The molecule has 14 heteroatoms.